The van der Waals surface area contributed by atoms with Gasteiger partial charge in [0, 0.05) is 7.11 Å². The summed E-state index contributed by atoms with van der Waals surface area (Å²) >= 11 is 0. The molecule has 0 saturated carbocycles. The zero-order valence-corrected chi connectivity index (χ0v) is 11.0. The molecule has 104 valence electrons. The molecule has 0 aliphatic carbocycles. The molecule has 17 heavy (non-hydrogen) atoms. The van der Waals surface area contributed by atoms with E-state index in [0.717, 1.165) is 6.26 Å². The van der Waals surface area contributed by atoms with E-state index in [-0.39, 0.29) is 20.0 Å². The Bertz CT molecular complexity index is 252. The highest BCUT2D eigenvalue weighted by atomic mass is 32.2. The second kappa shape index (κ2) is 10.9. The number of methoxy groups -OCH3 is 1. The lowest BCUT2D eigenvalue weighted by Crippen LogP contribution is -2.13. The molecule has 0 unspecified atom stereocenters. The highest BCUT2D eigenvalue weighted by Gasteiger charge is 2.00. The van der Waals surface area contributed by atoms with Gasteiger partial charge in [0.2, 0.25) is 0 Å². The fourth-order valence-electron chi connectivity index (χ4n) is 0.783. The highest BCUT2D eigenvalue weighted by molar-refractivity contribution is 7.85. The fourth-order valence-corrected chi connectivity index (χ4v) is 1.15. The van der Waals surface area contributed by atoms with Gasteiger partial charge in [0.05, 0.1) is 45.9 Å². The van der Waals surface area contributed by atoms with Crippen LogP contribution in [0.5, 0.6) is 0 Å². The van der Waals surface area contributed by atoms with Crippen LogP contribution in [0.4, 0.5) is 0 Å². The minimum atomic E-state index is -3.38. The lowest BCUT2D eigenvalue weighted by atomic mass is 10.7. The lowest BCUT2D eigenvalue weighted by molar-refractivity contribution is -0.0793. The molecular weight excluding hydrogens is 252 g/mol. The smallest absolute Gasteiger partial charge is 0.264 e. The molecule has 0 fully saturated rings. The Labute approximate surface area is 102 Å². The lowest BCUT2D eigenvalue weighted by Gasteiger charge is -2.06. The Kier molecular flexibility index (Phi) is 10.7. The Balaban J connectivity index is 3.04. The Morgan fingerprint density at radius 1 is 0.824 bits per heavy atom. The van der Waals surface area contributed by atoms with E-state index in [4.69, 9.17) is 18.9 Å². The van der Waals surface area contributed by atoms with Gasteiger partial charge in [-0.1, -0.05) is 0 Å². The first-order chi connectivity index (χ1) is 8.06. The van der Waals surface area contributed by atoms with Gasteiger partial charge in [-0.05, 0) is 0 Å². The van der Waals surface area contributed by atoms with Crippen molar-refractivity contribution in [3.8, 4) is 0 Å². The van der Waals surface area contributed by atoms with Gasteiger partial charge in [-0.15, -0.1) is 0 Å². The van der Waals surface area contributed by atoms with E-state index in [1.54, 1.807) is 7.11 Å². The van der Waals surface area contributed by atoms with Crippen LogP contribution < -0.4 is 0 Å². The summed E-state index contributed by atoms with van der Waals surface area (Å²) in [5, 5.41) is 0. The molecule has 0 spiro atoms. The van der Waals surface area contributed by atoms with E-state index in [0.29, 0.717) is 26.4 Å². The molecule has 0 amide bonds. The van der Waals surface area contributed by atoms with E-state index in [9.17, 15) is 8.42 Å². The quantitative estimate of drug-likeness (QED) is 0.272. The maximum absolute atomic E-state index is 10.6. The number of hydrogen-bond donors (Lipinski definition) is 0. The average Bonchev–Trinajstić information content (AvgIpc) is 2.24. The van der Waals surface area contributed by atoms with E-state index >= 15 is 0 Å². The van der Waals surface area contributed by atoms with Crippen LogP contribution in [0.15, 0.2) is 0 Å². The first kappa shape index (κ1) is 16.8. The van der Waals surface area contributed by atoms with Crippen molar-refractivity contribution in [2.24, 2.45) is 0 Å². The number of ether oxygens (including phenoxy) is 4. The molecule has 0 aliphatic heterocycles. The van der Waals surface area contributed by atoms with Crippen molar-refractivity contribution >= 4 is 10.1 Å². The molecule has 0 atom stereocenters. The van der Waals surface area contributed by atoms with Crippen molar-refractivity contribution in [1.82, 2.24) is 0 Å². The zero-order valence-electron chi connectivity index (χ0n) is 10.2. The molecule has 0 N–H and O–H groups in total. The zero-order chi connectivity index (χ0) is 13.0. The Morgan fingerprint density at radius 2 is 1.35 bits per heavy atom. The van der Waals surface area contributed by atoms with E-state index < -0.39 is 10.1 Å². The standard InChI is InChI=1S/C9H20O7S/c1-12-3-4-14-9-15-6-5-13-7-8-16-17(2,10)11/h3-9H2,1-2H3. The molecule has 0 bridgehead atoms. The Hall–Kier alpha value is -0.250. The summed E-state index contributed by atoms with van der Waals surface area (Å²) in [7, 11) is -1.78. The van der Waals surface area contributed by atoms with Gasteiger partial charge in [-0.3, -0.25) is 4.18 Å². The maximum atomic E-state index is 10.6. The van der Waals surface area contributed by atoms with Crippen molar-refractivity contribution in [2.75, 3.05) is 59.8 Å². The molecule has 0 aliphatic rings. The predicted molar refractivity (Wildman–Crippen MR) is 60.3 cm³/mol. The van der Waals surface area contributed by atoms with Crippen LogP contribution in [0.1, 0.15) is 0 Å². The predicted octanol–water partition coefficient (Wildman–Crippen LogP) is -0.384. The van der Waals surface area contributed by atoms with Crippen LogP contribution in [0.3, 0.4) is 0 Å². The molecule has 0 rings (SSSR count). The number of hydrogen-bond acceptors (Lipinski definition) is 7. The van der Waals surface area contributed by atoms with Crippen LogP contribution in [0.2, 0.25) is 0 Å². The van der Waals surface area contributed by atoms with Crippen molar-refractivity contribution in [3.05, 3.63) is 0 Å². The van der Waals surface area contributed by atoms with Crippen LogP contribution in [0.25, 0.3) is 0 Å². The molecule has 0 heterocycles. The van der Waals surface area contributed by atoms with Crippen molar-refractivity contribution in [2.45, 2.75) is 0 Å². The van der Waals surface area contributed by atoms with Gasteiger partial charge < -0.3 is 18.9 Å². The summed E-state index contributed by atoms with van der Waals surface area (Å²) < 4.78 is 45.5. The van der Waals surface area contributed by atoms with E-state index in [1.807, 2.05) is 0 Å². The first-order valence-corrected chi connectivity index (χ1v) is 6.94. The molecule has 8 heteroatoms. The minimum Gasteiger partial charge on any atom is -0.382 e. The van der Waals surface area contributed by atoms with Crippen LogP contribution in [-0.2, 0) is 33.2 Å². The van der Waals surface area contributed by atoms with Gasteiger partial charge in [-0.2, -0.15) is 8.42 Å². The SMILES string of the molecule is COCCOCOCCOCCOS(C)(=O)=O. The van der Waals surface area contributed by atoms with Gasteiger partial charge in [0.25, 0.3) is 10.1 Å². The molecule has 0 aromatic carbocycles. The van der Waals surface area contributed by atoms with E-state index in [2.05, 4.69) is 4.18 Å². The molecular formula is C9H20O7S. The molecule has 0 radical (unpaired) electrons. The van der Waals surface area contributed by atoms with Crippen molar-refractivity contribution in [1.29, 1.82) is 0 Å². The third-order valence-corrected chi connectivity index (χ3v) is 2.09. The molecule has 0 aromatic rings. The average molecular weight is 272 g/mol. The second-order valence-corrected chi connectivity index (χ2v) is 4.71. The van der Waals surface area contributed by atoms with Crippen molar-refractivity contribution < 1.29 is 31.5 Å². The summed E-state index contributed by atoms with van der Waals surface area (Å²) in [6.45, 7) is 2.17. The molecule has 0 saturated heterocycles. The monoisotopic (exact) mass is 272 g/mol. The minimum absolute atomic E-state index is 0.0170. The Morgan fingerprint density at radius 3 is 1.94 bits per heavy atom. The summed E-state index contributed by atoms with van der Waals surface area (Å²) in [6.07, 6.45) is 0.994. The molecule has 0 aromatic heterocycles. The van der Waals surface area contributed by atoms with Gasteiger partial charge in [0.15, 0.2) is 0 Å². The van der Waals surface area contributed by atoms with Crippen LogP contribution in [-0.4, -0.2) is 68.2 Å². The summed E-state index contributed by atoms with van der Waals surface area (Å²) in [4.78, 5) is 0. The summed E-state index contributed by atoms with van der Waals surface area (Å²) in [5.41, 5.74) is 0. The van der Waals surface area contributed by atoms with E-state index in [1.165, 1.54) is 0 Å². The topological polar surface area (TPSA) is 80.3 Å². The van der Waals surface area contributed by atoms with Gasteiger partial charge in [0.1, 0.15) is 6.79 Å². The van der Waals surface area contributed by atoms with Crippen LogP contribution in [0, 0.1) is 0 Å². The fraction of sp³-hybridized carbons (Fsp3) is 1.00. The number of rotatable bonds is 12. The highest BCUT2D eigenvalue weighted by Crippen LogP contribution is 1.87. The molecule has 7 nitrogen and oxygen atoms in total. The van der Waals surface area contributed by atoms with Crippen LogP contribution >= 0.6 is 0 Å². The van der Waals surface area contributed by atoms with Gasteiger partial charge >= 0.3 is 0 Å². The summed E-state index contributed by atoms with van der Waals surface area (Å²) in [5.74, 6) is 0. The third kappa shape index (κ3) is 15.8. The largest absolute Gasteiger partial charge is 0.382 e. The van der Waals surface area contributed by atoms with Crippen molar-refractivity contribution in [3.63, 3.8) is 0 Å². The van der Waals surface area contributed by atoms with Gasteiger partial charge in [-0.25, -0.2) is 0 Å². The first-order valence-electron chi connectivity index (χ1n) is 5.13. The maximum Gasteiger partial charge on any atom is 0.264 e. The second-order valence-electron chi connectivity index (χ2n) is 3.07. The summed E-state index contributed by atoms with van der Waals surface area (Å²) in [6, 6.07) is 0. The third-order valence-electron chi connectivity index (χ3n) is 1.50. The normalized spacial score (nSPS) is 11.9.